The van der Waals surface area contributed by atoms with Gasteiger partial charge >= 0.3 is 0 Å². The first-order valence-electron chi connectivity index (χ1n) is 6.89. The molecule has 0 unspecified atom stereocenters. The normalized spacial score (nSPS) is 14.7. The van der Waals surface area contributed by atoms with Gasteiger partial charge in [0.2, 0.25) is 5.78 Å². The largest absolute Gasteiger partial charge is 0.351 e. The summed E-state index contributed by atoms with van der Waals surface area (Å²) >= 11 is 1.69. The lowest BCUT2D eigenvalue weighted by Gasteiger charge is -2.31. The fraction of sp³-hybridized carbons (Fsp3) is 0.357. The van der Waals surface area contributed by atoms with Crippen LogP contribution in [0.1, 0.15) is 21.8 Å². The van der Waals surface area contributed by atoms with Crippen LogP contribution in [0, 0.1) is 13.8 Å². The molecule has 0 atom stereocenters. The zero-order valence-electron chi connectivity index (χ0n) is 11.9. The van der Waals surface area contributed by atoms with Crippen molar-refractivity contribution in [1.29, 1.82) is 0 Å². The molecule has 3 aromatic rings. The highest BCUT2D eigenvalue weighted by Gasteiger charge is 2.22. The number of H-pyrrole nitrogens is 1. The van der Waals surface area contributed by atoms with E-state index in [0.717, 1.165) is 30.9 Å². The Morgan fingerprint density at radius 1 is 1.33 bits per heavy atom. The van der Waals surface area contributed by atoms with Gasteiger partial charge in [0.05, 0.1) is 11.4 Å². The van der Waals surface area contributed by atoms with Crippen LogP contribution in [0.25, 0.3) is 5.78 Å². The molecular formula is C14H15N5OS. The summed E-state index contributed by atoms with van der Waals surface area (Å²) in [5.74, 6) is 1.39. The van der Waals surface area contributed by atoms with Gasteiger partial charge in [-0.1, -0.05) is 11.5 Å². The summed E-state index contributed by atoms with van der Waals surface area (Å²) in [6, 6.07) is 1.53. The molecule has 0 saturated carbocycles. The number of hydrogen-bond donors (Lipinski definition) is 1. The molecular weight excluding hydrogens is 286 g/mol. The number of aryl methyl sites for hydroxylation is 2. The van der Waals surface area contributed by atoms with Crippen molar-refractivity contribution in [2.75, 3.05) is 11.4 Å². The first-order chi connectivity index (χ1) is 10.1. The molecule has 7 heteroatoms. The molecule has 4 rings (SSSR count). The maximum absolute atomic E-state index is 12.0. The zero-order chi connectivity index (χ0) is 14.6. The SMILES string of the molecule is Cc1cc(=O)n2cc(C)c(N3CCc4[nH]sc4C3)nc2n1. The average molecular weight is 301 g/mol. The highest BCUT2D eigenvalue weighted by molar-refractivity contribution is 7.07. The Balaban J connectivity index is 1.83. The molecule has 3 aromatic heterocycles. The summed E-state index contributed by atoms with van der Waals surface area (Å²) in [7, 11) is 0. The van der Waals surface area contributed by atoms with Crippen LogP contribution in [-0.2, 0) is 13.0 Å². The lowest BCUT2D eigenvalue weighted by atomic mass is 10.1. The topological polar surface area (TPSA) is 66.3 Å². The number of anilines is 1. The van der Waals surface area contributed by atoms with Crippen LogP contribution in [0.2, 0.25) is 0 Å². The molecule has 0 aliphatic carbocycles. The Labute approximate surface area is 125 Å². The van der Waals surface area contributed by atoms with E-state index in [1.807, 2.05) is 20.0 Å². The van der Waals surface area contributed by atoms with Gasteiger partial charge in [-0.2, -0.15) is 4.98 Å². The maximum Gasteiger partial charge on any atom is 0.259 e. The van der Waals surface area contributed by atoms with Crippen molar-refractivity contribution in [3.63, 3.8) is 0 Å². The number of rotatable bonds is 1. The standard InChI is InChI=1S/C14H15N5OS/c1-8-6-19-12(20)5-9(2)15-14(19)16-13(8)18-4-3-10-11(7-18)21-17-10/h5-6,17H,3-4,7H2,1-2H3. The molecule has 1 aliphatic rings. The van der Waals surface area contributed by atoms with Crippen LogP contribution in [0.4, 0.5) is 5.82 Å². The molecule has 1 aliphatic heterocycles. The van der Waals surface area contributed by atoms with Gasteiger partial charge < -0.3 is 9.27 Å². The number of nitrogens with one attached hydrogen (secondary N) is 1. The molecule has 0 fully saturated rings. The second kappa shape index (κ2) is 4.42. The Hall–Kier alpha value is -2.15. The van der Waals surface area contributed by atoms with Crippen molar-refractivity contribution >= 4 is 23.1 Å². The first kappa shape index (κ1) is 12.6. The van der Waals surface area contributed by atoms with E-state index < -0.39 is 0 Å². The van der Waals surface area contributed by atoms with Gasteiger partial charge in [0, 0.05) is 42.2 Å². The third-order valence-electron chi connectivity index (χ3n) is 3.84. The molecule has 0 bridgehead atoms. The predicted octanol–water partition coefficient (Wildman–Crippen LogP) is 1.66. The number of nitrogens with zero attached hydrogens (tertiary/aromatic N) is 4. The molecule has 0 spiro atoms. The van der Waals surface area contributed by atoms with Crippen LogP contribution in [-0.4, -0.2) is 25.3 Å². The predicted molar refractivity (Wildman–Crippen MR) is 82.2 cm³/mol. The van der Waals surface area contributed by atoms with Crippen molar-refractivity contribution in [3.05, 3.63) is 44.4 Å². The van der Waals surface area contributed by atoms with Crippen LogP contribution in [0.5, 0.6) is 0 Å². The molecule has 0 saturated heterocycles. The summed E-state index contributed by atoms with van der Waals surface area (Å²) in [5, 5.41) is 0. The first-order valence-corrected chi connectivity index (χ1v) is 7.71. The average Bonchev–Trinajstić information content (AvgIpc) is 2.41. The van der Waals surface area contributed by atoms with Gasteiger partial charge in [-0.15, -0.1) is 0 Å². The zero-order valence-corrected chi connectivity index (χ0v) is 12.7. The maximum atomic E-state index is 12.0. The Bertz CT molecular complexity index is 891. The molecule has 0 amide bonds. The van der Waals surface area contributed by atoms with E-state index in [-0.39, 0.29) is 5.56 Å². The van der Waals surface area contributed by atoms with Gasteiger partial charge in [0.25, 0.3) is 5.56 Å². The van der Waals surface area contributed by atoms with Gasteiger partial charge in [0.1, 0.15) is 5.82 Å². The van der Waals surface area contributed by atoms with Gasteiger partial charge in [-0.3, -0.25) is 9.20 Å². The molecule has 6 nitrogen and oxygen atoms in total. The van der Waals surface area contributed by atoms with E-state index in [4.69, 9.17) is 0 Å². The Kier molecular flexibility index (Phi) is 2.65. The summed E-state index contributed by atoms with van der Waals surface area (Å²) < 4.78 is 4.78. The second-order valence-electron chi connectivity index (χ2n) is 5.43. The molecule has 1 N–H and O–H groups in total. The molecule has 21 heavy (non-hydrogen) atoms. The van der Waals surface area contributed by atoms with Crippen molar-refractivity contribution in [2.45, 2.75) is 26.8 Å². The van der Waals surface area contributed by atoms with E-state index >= 15 is 0 Å². The van der Waals surface area contributed by atoms with Gasteiger partial charge in [0.15, 0.2) is 0 Å². The summed E-state index contributed by atoms with van der Waals surface area (Å²) in [6.45, 7) is 5.63. The smallest absolute Gasteiger partial charge is 0.259 e. The highest BCUT2D eigenvalue weighted by atomic mass is 32.1. The Morgan fingerprint density at radius 2 is 2.19 bits per heavy atom. The van der Waals surface area contributed by atoms with Crippen LogP contribution in [0.15, 0.2) is 17.1 Å². The summed E-state index contributed by atoms with van der Waals surface area (Å²) in [5.41, 5.74) is 2.98. The second-order valence-corrected chi connectivity index (χ2v) is 6.33. The van der Waals surface area contributed by atoms with Crippen molar-refractivity contribution < 1.29 is 0 Å². The molecule has 0 aromatic carbocycles. The number of fused-ring (bicyclic) bond motifs is 2. The molecule has 108 valence electrons. The van der Waals surface area contributed by atoms with E-state index in [1.165, 1.54) is 21.0 Å². The minimum atomic E-state index is -0.0814. The summed E-state index contributed by atoms with van der Waals surface area (Å²) in [6.07, 6.45) is 2.85. The van der Waals surface area contributed by atoms with E-state index in [9.17, 15) is 4.79 Å². The highest BCUT2D eigenvalue weighted by Crippen LogP contribution is 2.28. The Morgan fingerprint density at radius 3 is 2.90 bits per heavy atom. The lowest BCUT2D eigenvalue weighted by molar-refractivity contribution is 0.707. The molecule has 0 radical (unpaired) electrons. The van der Waals surface area contributed by atoms with Crippen molar-refractivity contribution in [2.24, 2.45) is 0 Å². The lowest BCUT2D eigenvalue weighted by Crippen LogP contribution is -2.33. The van der Waals surface area contributed by atoms with Crippen molar-refractivity contribution in [3.8, 4) is 0 Å². The van der Waals surface area contributed by atoms with Crippen molar-refractivity contribution in [1.82, 2.24) is 18.7 Å². The van der Waals surface area contributed by atoms with E-state index in [0.29, 0.717) is 11.5 Å². The quantitative estimate of drug-likeness (QED) is 0.742. The third kappa shape index (κ3) is 1.96. The minimum Gasteiger partial charge on any atom is -0.351 e. The van der Waals surface area contributed by atoms with E-state index in [2.05, 4.69) is 19.2 Å². The summed E-state index contributed by atoms with van der Waals surface area (Å²) in [4.78, 5) is 24.6. The third-order valence-corrected chi connectivity index (χ3v) is 4.81. The van der Waals surface area contributed by atoms with Crippen LogP contribution in [0.3, 0.4) is 0 Å². The number of hydrogen-bond acceptors (Lipinski definition) is 5. The van der Waals surface area contributed by atoms with Gasteiger partial charge in [-0.05, 0) is 13.8 Å². The minimum absolute atomic E-state index is 0.0814. The number of aromatic amines is 1. The fourth-order valence-corrected chi connectivity index (χ4v) is 3.55. The van der Waals surface area contributed by atoms with Gasteiger partial charge in [-0.25, -0.2) is 4.98 Å². The van der Waals surface area contributed by atoms with Crippen LogP contribution < -0.4 is 10.5 Å². The monoisotopic (exact) mass is 301 g/mol. The fourth-order valence-electron chi connectivity index (χ4n) is 2.74. The van der Waals surface area contributed by atoms with Crippen LogP contribution >= 0.6 is 11.5 Å². The molecule has 4 heterocycles. The number of aromatic nitrogens is 4. The van der Waals surface area contributed by atoms with E-state index in [1.54, 1.807) is 11.5 Å².